The van der Waals surface area contributed by atoms with Crippen molar-refractivity contribution < 1.29 is 4.39 Å². The fourth-order valence-corrected chi connectivity index (χ4v) is 2.76. The van der Waals surface area contributed by atoms with Crippen molar-refractivity contribution in [1.82, 2.24) is 0 Å². The van der Waals surface area contributed by atoms with Crippen molar-refractivity contribution in [2.24, 2.45) is 11.7 Å². The third kappa shape index (κ3) is 2.55. The molecular weight excluding hydrogens is 225 g/mol. The predicted molar refractivity (Wildman–Crippen MR) is 64.9 cm³/mol. The molecular formula is C13H17ClFN. The summed E-state index contributed by atoms with van der Waals surface area (Å²) in [6.45, 7) is 0. The summed E-state index contributed by atoms with van der Waals surface area (Å²) in [4.78, 5) is 0. The molecule has 0 heterocycles. The zero-order chi connectivity index (χ0) is 11.5. The van der Waals surface area contributed by atoms with Crippen LogP contribution in [0.3, 0.4) is 0 Å². The molecule has 0 saturated heterocycles. The van der Waals surface area contributed by atoms with E-state index in [1.54, 1.807) is 6.07 Å². The molecule has 0 radical (unpaired) electrons. The highest BCUT2D eigenvalue weighted by Crippen LogP contribution is 2.35. The van der Waals surface area contributed by atoms with Gasteiger partial charge < -0.3 is 5.73 Å². The summed E-state index contributed by atoms with van der Waals surface area (Å²) >= 11 is 6.06. The first-order chi connectivity index (χ1) is 7.68. The third-order valence-electron chi connectivity index (χ3n) is 3.47. The van der Waals surface area contributed by atoms with E-state index >= 15 is 0 Å². The first-order valence-corrected chi connectivity index (χ1v) is 6.27. The second-order valence-corrected chi connectivity index (χ2v) is 5.00. The third-order valence-corrected chi connectivity index (χ3v) is 3.82. The number of hydrogen-bond acceptors (Lipinski definition) is 1. The van der Waals surface area contributed by atoms with Gasteiger partial charge in [0, 0.05) is 11.1 Å². The highest BCUT2D eigenvalue weighted by atomic mass is 35.5. The largest absolute Gasteiger partial charge is 0.324 e. The lowest BCUT2D eigenvalue weighted by Crippen LogP contribution is -2.23. The van der Waals surface area contributed by atoms with E-state index in [0.29, 0.717) is 10.9 Å². The van der Waals surface area contributed by atoms with Gasteiger partial charge in [0.15, 0.2) is 0 Å². The van der Waals surface area contributed by atoms with Gasteiger partial charge in [-0.2, -0.15) is 0 Å². The van der Waals surface area contributed by atoms with Crippen molar-refractivity contribution >= 4 is 11.6 Å². The Morgan fingerprint density at radius 1 is 1.25 bits per heavy atom. The molecule has 0 aromatic heterocycles. The fraction of sp³-hybridized carbons (Fsp3) is 0.538. The molecule has 1 nitrogen and oxygen atoms in total. The standard InChI is InChI=1S/C13H17ClFN/c14-12-7-6-10(15)8-11(12)13(16)9-4-2-1-3-5-9/h6-9,13H,1-5,16H2. The second kappa shape index (κ2) is 5.15. The van der Waals surface area contributed by atoms with E-state index in [4.69, 9.17) is 17.3 Å². The van der Waals surface area contributed by atoms with Crippen LogP contribution in [0.1, 0.15) is 43.7 Å². The van der Waals surface area contributed by atoms with Gasteiger partial charge >= 0.3 is 0 Å². The summed E-state index contributed by atoms with van der Waals surface area (Å²) in [6.07, 6.45) is 6.01. The molecule has 2 N–H and O–H groups in total. The summed E-state index contributed by atoms with van der Waals surface area (Å²) in [5, 5.41) is 0.583. The minimum Gasteiger partial charge on any atom is -0.324 e. The van der Waals surface area contributed by atoms with Crippen molar-refractivity contribution in [3.8, 4) is 0 Å². The van der Waals surface area contributed by atoms with Crippen LogP contribution in [-0.2, 0) is 0 Å². The van der Waals surface area contributed by atoms with Crippen LogP contribution in [-0.4, -0.2) is 0 Å². The van der Waals surface area contributed by atoms with Gasteiger partial charge in [-0.05, 0) is 42.5 Å². The lowest BCUT2D eigenvalue weighted by molar-refractivity contribution is 0.308. The molecule has 3 heteroatoms. The van der Waals surface area contributed by atoms with E-state index in [9.17, 15) is 4.39 Å². The number of benzene rings is 1. The van der Waals surface area contributed by atoms with Crippen LogP contribution >= 0.6 is 11.6 Å². The minimum absolute atomic E-state index is 0.122. The molecule has 0 amide bonds. The zero-order valence-corrected chi connectivity index (χ0v) is 10.0. The van der Waals surface area contributed by atoms with Crippen LogP contribution < -0.4 is 5.73 Å². The van der Waals surface area contributed by atoms with Gasteiger partial charge in [-0.1, -0.05) is 30.9 Å². The number of nitrogens with two attached hydrogens (primary N) is 1. The quantitative estimate of drug-likeness (QED) is 0.830. The Hall–Kier alpha value is -0.600. The molecule has 1 aliphatic carbocycles. The van der Waals surface area contributed by atoms with Gasteiger partial charge in [-0.25, -0.2) is 4.39 Å². The highest BCUT2D eigenvalue weighted by Gasteiger charge is 2.23. The van der Waals surface area contributed by atoms with Crippen LogP contribution in [0.2, 0.25) is 5.02 Å². The van der Waals surface area contributed by atoms with Crippen LogP contribution in [0.5, 0.6) is 0 Å². The molecule has 0 spiro atoms. The molecule has 1 fully saturated rings. The molecule has 1 saturated carbocycles. The van der Waals surface area contributed by atoms with Gasteiger partial charge in [-0.15, -0.1) is 0 Å². The molecule has 1 aromatic rings. The molecule has 1 aliphatic rings. The van der Waals surface area contributed by atoms with Crippen LogP contribution in [0.4, 0.5) is 4.39 Å². The highest BCUT2D eigenvalue weighted by molar-refractivity contribution is 6.31. The Morgan fingerprint density at radius 2 is 1.94 bits per heavy atom. The molecule has 0 bridgehead atoms. The topological polar surface area (TPSA) is 26.0 Å². The summed E-state index contributed by atoms with van der Waals surface area (Å²) < 4.78 is 13.2. The van der Waals surface area contributed by atoms with Crippen molar-refractivity contribution in [2.45, 2.75) is 38.1 Å². The molecule has 1 unspecified atom stereocenters. The smallest absolute Gasteiger partial charge is 0.123 e. The van der Waals surface area contributed by atoms with Crippen LogP contribution in [0, 0.1) is 11.7 Å². The zero-order valence-electron chi connectivity index (χ0n) is 9.26. The summed E-state index contributed by atoms with van der Waals surface area (Å²) in [5.41, 5.74) is 6.95. The molecule has 88 valence electrons. The van der Waals surface area contributed by atoms with Crippen molar-refractivity contribution in [2.75, 3.05) is 0 Å². The summed E-state index contributed by atoms with van der Waals surface area (Å²) in [5.74, 6) is 0.193. The predicted octanol–water partition coefficient (Wildman–Crippen LogP) is 4.06. The van der Waals surface area contributed by atoms with E-state index in [0.717, 1.165) is 18.4 Å². The van der Waals surface area contributed by atoms with Gasteiger partial charge in [-0.3, -0.25) is 0 Å². The average molecular weight is 242 g/mol. The Labute approximate surface area is 101 Å². The lowest BCUT2D eigenvalue weighted by Gasteiger charge is -2.28. The van der Waals surface area contributed by atoms with Crippen molar-refractivity contribution in [3.63, 3.8) is 0 Å². The maximum absolute atomic E-state index is 13.2. The van der Waals surface area contributed by atoms with Gasteiger partial charge in [0.05, 0.1) is 0 Å². The van der Waals surface area contributed by atoms with Crippen molar-refractivity contribution in [1.29, 1.82) is 0 Å². The van der Waals surface area contributed by atoms with Gasteiger partial charge in [0.1, 0.15) is 5.82 Å². The van der Waals surface area contributed by atoms with Crippen LogP contribution in [0.25, 0.3) is 0 Å². The Bertz CT molecular complexity index is 361. The first kappa shape index (κ1) is 11.9. The average Bonchev–Trinajstić information content (AvgIpc) is 2.32. The molecule has 16 heavy (non-hydrogen) atoms. The Balaban J connectivity index is 2.18. The van der Waals surface area contributed by atoms with E-state index in [1.165, 1.54) is 31.4 Å². The Morgan fingerprint density at radius 3 is 2.62 bits per heavy atom. The maximum Gasteiger partial charge on any atom is 0.123 e. The number of halogens is 2. The van der Waals surface area contributed by atoms with E-state index < -0.39 is 0 Å². The maximum atomic E-state index is 13.2. The van der Waals surface area contributed by atoms with Gasteiger partial charge in [0.2, 0.25) is 0 Å². The number of hydrogen-bond donors (Lipinski definition) is 1. The summed E-state index contributed by atoms with van der Waals surface area (Å²) in [6, 6.07) is 4.32. The van der Waals surface area contributed by atoms with Gasteiger partial charge in [0.25, 0.3) is 0 Å². The van der Waals surface area contributed by atoms with E-state index in [2.05, 4.69) is 0 Å². The molecule has 2 rings (SSSR count). The van der Waals surface area contributed by atoms with E-state index in [1.807, 2.05) is 0 Å². The SMILES string of the molecule is NC(c1cc(F)ccc1Cl)C1CCCCC1. The molecule has 1 aromatic carbocycles. The number of rotatable bonds is 2. The molecule has 0 aliphatic heterocycles. The fourth-order valence-electron chi connectivity index (χ4n) is 2.52. The minimum atomic E-state index is -0.259. The van der Waals surface area contributed by atoms with Crippen molar-refractivity contribution in [3.05, 3.63) is 34.6 Å². The Kier molecular flexibility index (Phi) is 3.82. The monoisotopic (exact) mass is 241 g/mol. The normalized spacial score (nSPS) is 19.7. The summed E-state index contributed by atoms with van der Waals surface area (Å²) in [7, 11) is 0. The van der Waals surface area contributed by atoms with E-state index in [-0.39, 0.29) is 11.9 Å². The molecule has 1 atom stereocenters. The lowest BCUT2D eigenvalue weighted by atomic mass is 9.81. The second-order valence-electron chi connectivity index (χ2n) is 4.59. The first-order valence-electron chi connectivity index (χ1n) is 5.89. The van der Waals surface area contributed by atoms with Crippen LogP contribution in [0.15, 0.2) is 18.2 Å².